The molecule has 9 heteroatoms. The number of nitrogens with zero attached hydrogens (tertiary/aromatic N) is 4. The average molecular weight is 437 g/mol. The second-order valence-corrected chi connectivity index (χ2v) is 8.47. The maximum atomic E-state index is 13.4. The highest BCUT2D eigenvalue weighted by molar-refractivity contribution is 6.07. The van der Waals surface area contributed by atoms with Crippen LogP contribution < -0.4 is 21.9 Å². The van der Waals surface area contributed by atoms with Crippen molar-refractivity contribution >= 4 is 17.4 Å². The minimum atomic E-state index is -0.705. The first kappa shape index (κ1) is 22.9. The standard InChI is InChI=1S/C23H28N6O3/c1-14(2)12-28(18-19(24)29(13-15(3)4)23(32)27-21(18)30)22(31)17-10-25-20(26-11-17)16-8-6-5-7-9-16/h5-11,14-15H,12-13,24H2,1-4H3,(H,27,30,32). The van der Waals surface area contributed by atoms with E-state index in [-0.39, 0.29) is 35.4 Å². The lowest BCUT2D eigenvalue weighted by Crippen LogP contribution is -2.43. The largest absolute Gasteiger partial charge is 0.383 e. The van der Waals surface area contributed by atoms with Crippen LogP contribution in [0.25, 0.3) is 11.4 Å². The fourth-order valence-electron chi connectivity index (χ4n) is 3.36. The number of aromatic amines is 1. The third kappa shape index (κ3) is 4.93. The molecule has 0 saturated heterocycles. The predicted molar refractivity (Wildman–Crippen MR) is 125 cm³/mol. The highest BCUT2D eigenvalue weighted by atomic mass is 16.2. The molecule has 3 rings (SSSR count). The Balaban J connectivity index is 2.05. The van der Waals surface area contributed by atoms with Crippen LogP contribution in [0.3, 0.4) is 0 Å². The molecule has 0 atom stereocenters. The summed E-state index contributed by atoms with van der Waals surface area (Å²) in [7, 11) is 0. The van der Waals surface area contributed by atoms with Gasteiger partial charge in [0.1, 0.15) is 5.82 Å². The van der Waals surface area contributed by atoms with Crippen molar-refractivity contribution < 1.29 is 4.79 Å². The van der Waals surface area contributed by atoms with E-state index in [1.807, 2.05) is 58.0 Å². The Hall–Kier alpha value is -3.75. The number of carbonyl (C=O) groups is 1. The summed E-state index contributed by atoms with van der Waals surface area (Å²) in [5.74, 6) is 0.128. The van der Waals surface area contributed by atoms with Crippen molar-refractivity contribution in [3.05, 3.63) is 69.1 Å². The van der Waals surface area contributed by atoms with E-state index in [9.17, 15) is 14.4 Å². The minimum Gasteiger partial charge on any atom is -0.383 e. The van der Waals surface area contributed by atoms with E-state index in [4.69, 9.17) is 5.73 Å². The summed E-state index contributed by atoms with van der Waals surface area (Å²) in [5.41, 5.74) is 5.93. The van der Waals surface area contributed by atoms with Crippen molar-refractivity contribution in [2.45, 2.75) is 34.2 Å². The first-order valence-corrected chi connectivity index (χ1v) is 10.5. The lowest BCUT2D eigenvalue weighted by Gasteiger charge is -2.26. The number of hydrogen-bond donors (Lipinski definition) is 2. The van der Waals surface area contributed by atoms with Crippen LogP contribution in [0.15, 0.2) is 52.3 Å². The molecular weight excluding hydrogens is 408 g/mol. The monoisotopic (exact) mass is 436 g/mol. The molecule has 3 N–H and O–H groups in total. The van der Waals surface area contributed by atoms with Crippen molar-refractivity contribution in [3.8, 4) is 11.4 Å². The van der Waals surface area contributed by atoms with Crippen LogP contribution in [0.4, 0.5) is 11.5 Å². The summed E-state index contributed by atoms with van der Waals surface area (Å²) in [6.45, 7) is 8.24. The second-order valence-electron chi connectivity index (χ2n) is 8.47. The summed E-state index contributed by atoms with van der Waals surface area (Å²) in [5, 5.41) is 0. The van der Waals surface area contributed by atoms with Crippen LogP contribution in [-0.4, -0.2) is 32.0 Å². The fourth-order valence-corrected chi connectivity index (χ4v) is 3.36. The topological polar surface area (TPSA) is 127 Å². The Morgan fingerprint density at radius 2 is 1.69 bits per heavy atom. The molecule has 0 bridgehead atoms. The molecule has 2 aromatic heterocycles. The molecule has 0 aliphatic heterocycles. The number of nitrogens with one attached hydrogen (secondary N) is 1. The lowest BCUT2D eigenvalue weighted by atomic mass is 10.1. The van der Waals surface area contributed by atoms with Gasteiger partial charge < -0.3 is 10.6 Å². The fraction of sp³-hybridized carbons (Fsp3) is 0.348. The van der Waals surface area contributed by atoms with Crippen LogP contribution in [-0.2, 0) is 6.54 Å². The van der Waals surface area contributed by atoms with Crippen molar-refractivity contribution in [2.24, 2.45) is 11.8 Å². The van der Waals surface area contributed by atoms with E-state index in [0.29, 0.717) is 12.4 Å². The number of rotatable bonds is 7. The van der Waals surface area contributed by atoms with Gasteiger partial charge in [-0.1, -0.05) is 58.0 Å². The third-order valence-electron chi connectivity index (χ3n) is 4.76. The van der Waals surface area contributed by atoms with Gasteiger partial charge in [-0.3, -0.25) is 19.1 Å². The van der Waals surface area contributed by atoms with Gasteiger partial charge in [0.2, 0.25) is 0 Å². The number of nitrogen functional groups attached to an aromatic ring is 1. The number of aromatic nitrogens is 4. The van der Waals surface area contributed by atoms with E-state index in [1.165, 1.54) is 21.9 Å². The maximum Gasteiger partial charge on any atom is 0.330 e. The highest BCUT2D eigenvalue weighted by Gasteiger charge is 2.26. The van der Waals surface area contributed by atoms with Gasteiger partial charge in [-0.25, -0.2) is 14.8 Å². The maximum absolute atomic E-state index is 13.4. The van der Waals surface area contributed by atoms with Crippen LogP contribution >= 0.6 is 0 Å². The van der Waals surface area contributed by atoms with Crippen molar-refractivity contribution in [1.82, 2.24) is 19.5 Å². The number of hydrogen-bond acceptors (Lipinski definition) is 6. The summed E-state index contributed by atoms with van der Waals surface area (Å²) in [6, 6.07) is 9.40. The Morgan fingerprint density at radius 1 is 1.06 bits per heavy atom. The Kier molecular flexibility index (Phi) is 6.87. The van der Waals surface area contributed by atoms with Gasteiger partial charge in [-0.05, 0) is 11.8 Å². The molecular formula is C23H28N6O3. The van der Waals surface area contributed by atoms with Crippen LogP contribution in [0.2, 0.25) is 0 Å². The van der Waals surface area contributed by atoms with Gasteiger partial charge in [-0.2, -0.15) is 0 Å². The molecule has 32 heavy (non-hydrogen) atoms. The van der Waals surface area contributed by atoms with E-state index in [2.05, 4.69) is 15.0 Å². The van der Waals surface area contributed by atoms with E-state index < -0.39 is 17.2 Å². The lowest BCUT2D eigenvalue weighted by molar-refractivity contribution is 0.0983. The molecule has 0 aliphatic rings. The Labute approximate surface area is 186 Å². The number of nitrogens with two attached hydrogens (primary N) is 1. The van der Waals surface area contributed by atoms with Crippen molar-refractivity contribution in [3.63, 3.8) is 0 Å². The molecule has 0 saturated carbocycles. The highest BCUT2D eigenvalue weighted by Crippen LogP contribution is 2.22. The van der Waals surface area contributed by atoms with E-state index in [1.54, 1.807) is 0 Å². The minimum absolute atomic E-state index is 0.0349. The molecule has 1 amide bonds. The van der Waals surface area contributed by atoms with Crippen LogP contribution in [0.5, 0.6) is 0 Å². The zero-order valence-corrected chi connectivity index (χ0v) is 18.7. The summed E-state index contributed by atoms with van der Waals surface area (Å²) in [6.07, 6.45) is 2.86. The third-order valence-corrected chi connectivity index (χ3v) is 4.76. The molecule has 0 fully saturated rings. The molecule has 0 spiro atoms. The molecule has 0 radical (unpaired) electrons. The predicted octanol–water partition coefficient (Wildman–Crippen LogP) is 2.53. The summed E-state index contributed by atoms with van der Waals surface area (Å²) < 4.78 is 1.29. The van der Waals surface area contributed by atoms with Gasteiger partial charge in [0.15, 0.2) is 11.5 Å². The quantitative estimate of drug-likeness (QED) is 0.586. The van der Waals surface area contributed by atoms with Crippen molar-refractivity contribution in [2.75, 3.05) is 17.2 Å². The van der Waals surface area contributed by atoms with Crippen LogP contribution in [0.1, 0.15) is 38.1 Å². The van der Waals surface area contributed by atoms with Crippen molar-refractivity contribution in [1.29, 1.82) is 0 Å². The molecule has 2 heterocycles. The number of carbonyl (C=O) groups excluding carboxylic acids is 1. The Morgan fingerprint density at radius 3 is 2.25 bits per heavy atom. The number of anilines is 2. The average Bonchev–Trinajstić information content (AvgIpc) is 2.75. The molecule has 3 aromatic rings. The van der Waals surface area contributed by atoms with E-state index in [0.717, 1.165) is 5.56 Å². The zero-order chi connectivity index (χ0) is 23.4. The summed E-state index contributed by atoms with van der Waals surface area (Å²) >= 11 is 0. The summed E-state index contributed by atoms with van der Waals surface area (Å²) in [4.78, 5) is 50.6. The van der Waals surface area contributed by atoms with Gasteiger partial charge in [0, 0.05) is 31.0 Å². The molecule has 0 aliphatic carbocycles. The van der Waals surface area contributed by atoms with Gasteiger partial charge in [0.05, 0.1) is 5.56 Å². The van der Waals surface area contributed by atoms with E-state index >= 15 is 0 Å². The van der Waals surface area contributed by atoms with Gasteiger partial charge in [-0.15, -0.1) is 0 Å². The van der Waals surface area contributed by atoms with Gasteiger partial charge in [0.25, 0.3) is 11.5 Å². The smallest absolute Gasteiger partial charge is 0.330 e. The normalized spacial score (nSPS) is 11.2. The zero-order valence-electron chi connectivity index (χ0n) is 18.7. The second kappa shape index (κ2) is 9.59. The molecule has 0 unspecified atom stereocenters. The molecule has 1 aromatic carbocycles. The number of H-pyrrole nitrogens is 1. The van der Waals surface area contributed by atoms with Crippen LogP contribution in [0, 0.1) is 11.8 Å². The van der Waals surface area contributed by atoms with Gasteiger partial charge >= 0.3 is 5.69 Å². The number of amides is 1. The molecule has 168 valence electrons. The first-order chi connectivity index (χ1) is 15.2. The Bertz CT molecular complexity index is 1200. The SMILES string of the molecule is CC(C)CN(C(=O)c1cnc(-c2ccccc2)nc1)c1c(N)n(CC(C)C)c(=O)[nH]c1=O. The number of benzene rings is 1. The molecule has 9 nitrogen and oxygen atoms in total. The first-order valence-electron chi connectivity index (χ1n) is 10.5.